The van der Waals surface area contributed by atoms with Gasteiger partial charge in [0.25, 0.3) is 5.56 Å². The van der Waals surface area contributed by atoms with Gasteiger partial charge in [0.2, 0.25) is 0 Å². The summed E-state index contributed by atoms with van der Waals surface area (Å²) in [6.45, 7) is 1.65. The van der Waals surface area contributed by atoms with E-state index in [0.29, 0.717) is 27.1 Å². The summed E-state index contributed by atoms with van der Waals surface area (Å²) in [4.78, 5) is 23.9. The van der Waals surface area contributed by atoms with E-state index in [4.69, 9.17) is 34.8 Å². The van der Waals surface area contributed by atoms with Crippen molar-refractivity contribution in [3.63, 3.8) is 0 Å². The summed E-state index contributed by atoms with van der Waals surface area (Å²) in [5, 5.41) is 20.8. The topological polar surface area (TPSA) is 99.8 Å². The number of carboxylic acids is 1. The molecule has 2 N–H and O–H groups in total. The Balaban J connectivity index is 2.01. The Labute approximate surface area is 167 Å². The van der Waals surface area contributed by atoms with E-state index in [1.54, 1.807) is 19.1 Å². The van der Waals surface area contributed by atoms with Gasteiger partial charge in [-0.05, 0) is 43.3 Å². The number of aromatic amines is 1. The summed E-state index contributed by atoms with van der Waals surface area (Å²) >= 11 is 17.6. The average molecular weight is 426 g/mol. The third kappa shape index (κ3) is 3.90. The summed E-state index contributed by atoms with van der Waals surface area (Å²) in [6.07, 6.45) is 0. The number of carbonyl (C=O) groups is 1. The van der Waals surface area contributed by atoms with Crippen LogP contribution >= 0.6 is 34.8 Å². The lowest BCUT2D eigenvalue weighted by atomic mass is 10.2. The SMILES string of the molecule is Cc1[nH]n(-c2ccc(Cl)c(C(=O)O)c2)c(=O)c1N=Nc1ccc(Cl)c(Cl)c1. The Kier molecular flexibility index (Phi) is 5.36. The van der Waals surface area contributed by atoms with Crippen LogP contribution in [0.1, 0.15) is 16.1 Å². The second kappa shape index (κ2) is 7.56. The van der Waals surface area contributed by atoms with Crippen LogP contribution in [0.2, 0.25) is 15.1 Å². The number of halogens is 3. The smallest absolute Gasteiger partial charge is 0.337 e. The van der Waals surface area contributed by atoms with E-state index in [1.807, 2.05) is 0 Å². The number of nitrogens with one attached hydrogen (secondary N) is 1. The number of aromatic nitrogens is 2. The van der Waals surface area contributed by atoms with Gasteiger partial charge in [0.05, 0.1) is 37.7 Å². The highest BCUT2D eigenvalue weighted by atomic mass is 35.5. The number of hydrogen-bond donors (Lipinski definition) is 2. The van der Waals surface area contributed by atoms with Crippen LogP contribution in [0, 0.1) is 6.92 Å². The van der Waals surface area contributed by atoms with E-state index in [-0.39, 0.29) is 16.3 Å². The van der Waals surface area contributed by atoms with Crippen LogP contribution in [-0.2, 0) is 0 Å². The number of aromatic carboxylic acids is 1. The Morgan fingerprint density at radius 3 is 2.41 bits per heavy atom. The molecule has 1 heterocycles. The summed E-state index contributed by atoms with van der Waals surface area (Å²) in [5.41, 5.74) is 0.655. The molecule has 0 unspecified atom stereocenters. The van der Waals surface area contributed by atoms with Crippen LogP contribution in [0.15, 0.2) is 51.4 Å². The largest absolute Gasteiger partial charge is 0.478 e. The summed E-state index contributed by atoms with van der Waals surface area (Å²) < 4.78 is 1.17. The maximum absolute atomic E-state index is 12.6. The maximum Gasteiger partial charge on any atom is 0.337 e. The number of hydrogen-bond acceptors (Lipinski definition) is 4. The highest BCUT2D eigenvalue weighted by Crippen LogP contribution is 2.28. The molecule has 3 aromatic rings. The lowest BCUT2D eigenvalue weighted by Crippen LogP contribution is -2.14. The van der Waals surface area contributed by atoms with Gasteiger partial charge in [-0.2, -0.15) is 5.11 Å². The van der Waals surface area contributed by atoms with E-state index < -0.39 is 11.5 Å². The lowest BCUT2D eigenvalue weighted by Gasteiger charge is -2.04. The Bertz CT molecular complexity index is 1130. The fraction of sp³-hybridized carbons (Fsp3) is 0.0588. The highest BCUT2D eigenvalue weighted by Gasteiger charge is 2.15. The molecule has 0 aliphatic heterocycles. The van der Waals surface area contributed by atoms with Crippen molar-refractivity contribution in [1.29, 1.82) is 0 Å². The van der Waals surface area contributed by atoms with E-state index in [9.17, 15) is 14.7 Å². The lowest BCUT2D eigenvalue weighted by molar-refractivity contribution is 0.0697. The van der Waals surface area contributed by atoms with E-state index >= 15 is 0 Å². The zero-order valence-corrected chi connectivity index (χ0v) is 16.0. The second-order valence-electron chi connectivity index (χ2n) is 5.49. The first-order valence-corrected chi connectivity index (χ1v) is 8.63. The number of nitrogens with zero attached hydrogens (tertiary/aromatic N) is 3. The van der Waals surface area contributed by atoms with Crippen molar-refractivity contribution in [2.75, 3.05) is 0 Å². The Hall–Kier alpha value is -2.61. The van der Waals surface area contributed by atoms with Crippen molar-refractivity contribution in [2.24, 2.45) is 10.2 Å². The van der Waals surface area contributed by atoms with Crippen molar-refractivity contribution in [2.45, 2.75) is 6.92 Å². The number of H-pyrrole nitrogens is 1. The maximum atomic E-state index is 12.6. The minimum atomic E-state index is -1.20. The molecule has 0 radical (unpaired) electrons. The summed E-state index contributed by atoms with van der Waals surface area (Å²) in [5.74, 6) is -1.20. The summed E-state index contributed by atoms with van der Waals surface area (Å²) in [7, 11) is 0. The fourth-order valence-electron chi connectivity index (χ4n) is 2.31. The highest BCUT2D eigenvalue weighted by molar-refractivity contribution is 6.42. The minimum Gasteiger partial charge on any atom is -0.478 e. The number of carboxylic acid groups (broad SMARTS) is 1. The van der Waals surface area contributed by atoms with Crippen molar-refractivity contribution in [1.82, 2.24) is 9.78 Å². The predicted molar refractivity (Wildman–Crippen MR) is 104 cm³/mol. The van der Waals surface area contributed by atoms with Crippen LogP contribution in [-0.4, -0.2) is 20.9 Å². The van der Waals surface area contributed by atoms with Crippen LogP contribution < -0.4 is 5.56 Å². The van der Waals surface area contributed by atoms with Gasteiger partial charge in [0.15, 0.2) is 5.69 Å². The first kappa shape index (κ1) is 19.2. The molecular formula is C17H11Cl3N4O3. The third-order valence-electron chi connectivity index (χ3n) is 3.65. The van der Waals surface area contributed by atoms with Gasteiger partial charge in [-0.1, -0.05) is 34.8 Å². The van der Waals surface area contributed by atoms with Crippen molar-refractivity contribution in [3.8, 4) is 5.69 Å². The van der Waals surface area contributed by atoms with Gasteiger partial charge < -0.3 is 5.11 Å². The zero-order chi connectivity index (χ0) is 19.7. The van der Waals surface area contributed by atoms with Crippen LogP contribution in [0.25, 0.3) is 5.69 Å². The summed E-state index contributed by atoms with van der Waals surface area (Å²) in [6, 6.07) is 8.91. The van der Waals surface area contributed by atoms with Gasteiger partial charge in [0.1, 0.15) is 0 Å². The molecule has 0 saturated carbocycles. The molecule has 0 aliphatic carbocycles. The molecule has 0 atom stereocenters. The molecular weight excluding hydrogens is 415 g/mol. The van der Waals surface area contributed by atoms with Gasteiger partial charge in [0, 0.05) is 0 Å². The quantitative estimate of drug-likeness (QED) is 0.536. The van der Waals surface area contributed by atoms with Gasteiger partial charge in [-0.15, -0.1) is 5.11 Å². The van der Waals surface area contributed by atoms with Gasteiger partial charge in [-0.25, -0.2) is 9.48 Å². The molecule has 138 valence electrons. The molecule has 0 spiro atoms. The third-order valence-corrected chi connectivity index (χ3v) is 4.72. The normalized spacial score (nSPS) is 11.3. The van der Waals surface area contributed by atoms with Crippen molar-refractivity contribution >= 4 is 52.1 Å². The molecule has 2 aromatic carbocycles. The van der Waals surface area contributed by atoms with E-state index in [2.05, 4.69) is 15.3 Å². The van der Waals surface area contributed by atoms with E-state index in [0.717, 1.165) is 0 Å². The number of benzene rings is 2. The first-order chi connectivity index (χ1) is 12.8. The molecule has 10 heteroatoms. The molecule has 3 rings (SSSR count). The number of azo groups is 1. The molecule has 0 fully saturated rings. The Morgan fingerprint density at radius 2 is 1.74 bits per heavy atom. The number of aryl methyl sites for hydroxylation is 1. The van der Waals surface area contributed by atoms with Crippen molar-refractivity contribution in [3.05, 3.63) is 73.1 Å². The zero-order valence-electron chi connectivity index (χ0n) is 13.7. The first-order valence-electron chi connectivity index (χ1n) is 7.49. The predicted octanol–water partition coefficient (Wildman–Crippen LogP) is 5.55. The standard InChI is InChI=1S/C17H11Cl3N4O3/c1-8-15(22-21-9-2-4-13(19)14(20)6-9)16(25)24(23-8)10-3-5-12(18)11(7-10)17(26)27/h2-7,23H,1H3,(H,26,27). The monoisotopic (exact) mass is 424 g/mol. The fourth-order valence-corrected chi connectivity index (χ4v) is 2.80. The van der Waals surface area contributed by atoms with Gasteiger partial charge >= 0.3 is 5.97 Å². The molecule has 7 nitrogen and oxygen atoms in total. The molecule has 0 saturated heterocycles. The van der Waals surface area contributed by atoms with Gasteiger partial charge in [-0.3, -0.25) is 9.89 Å². The molecule has 0 bridgehead atoms. The molecule has 27 heavy (non-hydrogen) atoms. The van der Waals surface area contributed by atoms with Crippen molar-refractivity contribution < 1.29 is 9.90 Å². The second-order valence-corrected chi connectivity index (χ2v) is 6.72. The molecule has 0 amide bonds. The van der Waals surface area contributed by atoms with Crippen LogP contribution in [0.5, 0.6) is 0 Å². The Morgan fingerprint density at radius 1 is 1.04 bits per heavy atom. The molecule has 1 aromatic heterocycles. The minimum absolute atomic E-state index is 0.0714. The number of rotatable bonds is 4. The average Bonchev–Trinajstić information content (AvgIpc) is 2.90. The molecule has 0 aliphatic rings. The van der Waals surface area contributed by atoms with Crippen LogP contribution in [0.3, 0.4) is 0 Å². The van der Waals surface area contributed by atoms with Crippen LogP contribution in [0.4, 0.5) is 11.4 Å². The van der Waals surface area contributed by atoms with E-state index in [1.165, 1.54) is 28.9 Å².